The number of nitrogens with zero attached hydrogens (tertiary/aromatic N) is 2. The summed E-state index contributed by atoms with van der Waals surface area (Å²) in [6.07, 6.45) is 1.54. The van der Waals surface area contributed by atoms with Crippen LogP contribution in [0.25, 0.3) is 0 Å². The second-order valence-corrected chi connectivity index (χ2v) is 6.61. The molecule has 0 aliphatic carbocycles. The standard InChI is InChI=1S/C22H24N4O2/c1-14-9-10-18(11-15(14)2)26-21(27)19-13-24-22(25-16(19)3)23-12-17-7-5-6-8-20(17)28-4/h5-11,13H,12H2,1-4H3,(H,26,27)(H,23,24,25). The van der Waals surface area contributed by atoms with E-state index >= 15 is 0 Å². The van der Waals surface area contributed by atoms with Crippen LogP contribution in [0.2, 0.25) is 0 Å². The molecule has 0 spiro atoms. The fourth-order valence-corrected chi connectivity index (χ4v) is 2.82. The van der Waals surface area contributed by atoms with Gasteiger partial charge in [0.15, 0.2) is 0 Å². The molecule has 6 heteroatoms. The lowest BCUT2D eigenvalue weighted by atomic mass is 10.1. The Balaban J connectivity index is 1.69. The van der Waals surface area contributed by atoms with Crippen molar-refractivity contribution < 1.29 is 9.53 Å². The van der Waals surface area contributed by atoms with Gasteiger partial charge in [0.05, 0.1) is 18.4 Å². The normalized spacial score (nSPS) is 10.4. The van der Waals surface area contributed by atoms with Gasteiger partial charge in [-0.1, -0.05) is 24.3 Å². The highest BCUT2D eigenvalue weighted by molar-refractivity contribution is 6.04. The summed E-state index contributed by atoms with van der Waals surface area (Å²) in [6.45, 7) is 6.38. The van der Waals surface area contributed by atoms with Crippen molar-refractivity contribution in [2.45, 2.75) is 27.3 Å². The molecule has 0 fully saturated rings. The zero-order chi connectivity index (χ0) is 20.1. The van der Waals surface area contributed by atoms with Crippen LogP contribution < -0.4 is 15.4 Å². The molecule has 2 N–H and O–H groups in total. The van der Waals surface area contributed by atoms with E-state index < -0.39 is 0 Å². The summed E-state index contributed by atoms with van der Waals surface area (Å²) in [4.78, 5) is 21.3. The molecule has 2 aromatic carbocycles. The van der Waals surface area contributed by atoms with Crippen LogP contribution in [-0.2, 0) is 6.54 Å². The third-order valence-electron chi connectivity index (χ3n) is 4.62. The Morgan fingerprint density at radius 1 is 1.07 bits per heavy atom. The van der Waals surface area contributed by atoms with Gasteiger partial charge in [-0.25, -0.2) is 9.97 Å². The van der Waals surface area contributed by atoms with Crippen molar-refractivity contribution in [1.29, 1.82) is 0 Å². The molecule has 3 aromatic rings. The Morgan fingerprint density at radius 2 is 1.86 bits per heavy atom. The summed E-state index contributed by atoms with van der Waals surface area (Å²) in [5.74, 6) is 1.04. The second kappa shape index (κ2) is 8.52. The van der Waals surface area contributed by atoms with Crippen LogP contribution >= 0.6 is 0 Å². The summed E-state index contributed by atoms with van der Waals surface area (Å²) >= 11 is 0. The molecule has 3 rings (SSSR count). The van der Waals surface area contributed by atoms with E-state index in [1.165, 1.54) is 5.56 Å². The molecule has 0 saturated carbocycles. The Hall–Kier alpha value is -3.41. The third-order valence-corrected chi connectivity index (χ3v) is 4.62. The van der Waals surface area contributed by atoms with Gasteiger partial charge in [0, 0.05) is 24.0 Å². The zero-order valence-corrected chi connectivity index (χ0v) is 16.5. The van der Waals surface area contributed by atoms with E-state index in [1.807, 2.05) is 56.3 Å². The van der Waals surface area contributed by atoms with Gasteiger partial charge in [-0.2, -0.15) is 0 Å². The molecule has 0 unspecified atom stereocenters. The quantitative estimate of drug-likeness (QED) is 0.672. The van der Waals surface area contributed by atoms with Crippen LogP contribution in [0.3, 0.4) is 0 Å². The molecule has 1 amide bonds. The number of anilines is 2. The molecule has 0 aliphatic heterocycles. The molecule has 28 heavy (non-hydrogen) atoms. The number of methoxy groups -OCH3 is 1. The van der Waals surface area contributed by atoms with Crippen molar-refractivity contribution in [2.75, 3.05) is 17.7 Å². The minimum absolute atomic E-state index is 0.225. The number of nitrogens with one attached hydrogen (secondary N) is 2. The van der Waals surface area contributed by atoms with E-state index in [0.717, 1.165) is 22.6 Å². The summed E-state index contributed by atoms with van der Waals surface area (Å²) in [5.41, 5.74) is 5.12. The van der Waals surface area contributed by atoms with Gasteiger partial charge in [-0.3, -0.25) is 4.79 Å². The monoisotopic (exact) mass is 376 g/mol. The summed E-state index contributed by atoms with van der Waals surface area (Å²) in [6, 6.07) is 13.6. The van der Waals surface area contributed by atoms with Gasteiger partial charge in [0.1, 0.15) is 5.75 Å². The van der Waals surface area contributed by atoms with Crippen molar-refractivity contribution in [3.8, 4) is 5.75 Å². The number of aromatic nitrogens is 2. The summed E-state index contributed by atoms with van der Waals surface area (Å²) in [5, 5.41) is 6.08. The number of hydrogen-bond donors (Lipinski definition) is 2. The maximum Gasteiger partial charge on any atom is 0.259 e. The number of aryl methyl sites for hydroxylation is 3. The van der Waals surface area contributed by atoms with Crippen molar-refractivity contribution >= 4 is 17.5 Å². The number of benzene rings is 2. The molecular formula is C22H24N4O2. The van der Waals surface area contributed by atoms with Crippen LogP contribution in [0.5, 0.6) is 5.75 Å². The Morgan fingerprint density at radius 3 is 2.57 bits per heavy atom. The zero-order valence-electron chi connectivity index (χ0n) is 16.5. The number of rotatable bonds is 6. The van der Waals surface area contributed by atoms with Gasteiger partial charge >= 0.3 is 0 Å². The van der Waals surface area contributed by atoms with E-state index in [-0.39, 0.29) is 5.91 Å². The van der Waals surface area contributed by atoms with Crippen LogP contribution in [0.15, 0.2) is 48.7 Å². The minimum atomic E-state index is -0.225. The van der Waals surface area contributed by atoms with E-state index in [4.69, 9.17) is 4.74 Å². The lowest BCUT2D eigenvalue weighted by molar-refractivity contribution is 0.102. The SMILES string of the molecule is COc1ccccc1CNc1ncc(C(=O)Nc2ccc(C)c(C)c2)c(C)n1. The predicted molar refractivity (Wildman–Crippen MR) is 111 cm³/mol. The molecule has 0 radical (unpaired) electrons. The van der Waals surface area contributed by atoms with Crippen molar-refractivity contribution in [1.82, 2.24) is 9.97 Å². The second-order valence-electron chi connectivity index (χ2n) is 6.61. The minimum Gasteiger partial charge on any atom is -0.496 e. The third kappa shape index (κ3) is 4.46. The van der Waals surface area contributed by atoms with Gasteiger partial charge in [-0.05, 0) is 50.1 Å². The molecule has 144 valence electrons. The van der Waals surface area contributed by atoms with Crippen LogP contribution in [0.1, 0.15) is 32.7 Å². The van der Waals surface area contributed by atoms with E-state index in [9.17, 15) is 4.79 Å². The Bertz CT molecular complexity index is 1000. The van der Waals surface area contributed by atoms with E-state index in [0.29, 0.717) is 23.8 Å². The first-order chi connectivity index (χ1) is 13.5. The van der Waals surface area contributed by atoms with Gasteiger partial charge in [0.2, 0.25) is 5.95 Å². The van der Waals surface area contributed by atoms with Gasteiger partial charge < -0.3 is 15.4 Å². The number of ether oxygens (including phenoxy) is 1. The average molecular weight is 376 g/mol. The molecular weight excluding hydrogens is 352 g/mol. The van der Waals surface area contributed by atoms with E-state index in [1.54, 1.807) is 20.2 Å². The number of hydrogen-bond acceptors (Lipinski definition) is 5. The van der Waals surface area contributed by atoms with Crippen molar-refractivity contribution in [3.05, 3.63) is 76.6 Å². The first-order valence-electron chi connectivity index (χ1n) is 9.06. The van der Waals surface area contributed by atoms with E-state index in [2.05, 4.69) is 20.6 Å². The summed E-state index contributed by atoms with van der Waals surface area (Å²) in [7, 11) is 1.64. The Kier molecular flexibility index (Phi) is 5.89. The highest BCUT2D eigenvalue weighted by Crippen LogP contribution is 2.19. The molecule has 0 aliphatic rings. The molecule has 6 nitrogen and oxygen atoms in total. The largest absolute Gasteiger partial charge is 0.496 e. The van der Waals surface area contributed by atoms with Gasteiger partial charge in [-0.15, -0.1) is 0 Å². The predicted octanol–water partition coefficient (Wildman–Crippen LogP) is 4.27. The molecule has 0 bridgehead atoms. The van der Waals surface area contributed by atoms with Crippen molar-refractivity contribution in [3.63, 3.8) is 0 Å². The summed E-state index contributed by atoms with van der Waals surface area (Å²) < 4.78 is 5.35. The highest BCUT2D eigenvalue weighted by atomic mass is 16.5. The fourth-order valence-electron chi connectivity index (χ4n) is 2.82. The molecule has 0 saturated heterocycles. The molecule has 0 atom stereocenters. The number of para-hydroxylation sites is 1. The molecule has 1 aromatic heterocycles. The number of carbonyl (C=O) groups is 1. The van der Waals surface area contributed by atoms with Crippen LogP contribution in [0.4, 0.5) is 11.6 Å². The van der Waals surface area contributed by atoms with Crippen LogP contribution in [-0.4, -0.2) is 23.0 Å². The smallest absolute Gasteiger partial charge is 0.259 e. The maximum absolute atomic E-state index is 12.6. The van der Waals surface area contributed by atoms with Crippen molar-refractivity contribution in [2.24, 2.45) is 0 Å². The highest BCUT2D eigenvalue weighted by Gasteiger charge is 2.13. The lowest BCUT2D eigenvalue weighted by Crippen LogP contribution is -2.16. The van der Waals surface area contributed by atoms with Gasteiger partial charge in [0.25, 0.3) is 5.91 Å². The number of carbonyl (C=O) groups excluding carboxylic acids is 1. The topological polar surface area (TPSA) is 76.1 Å². The maximum atomic E-state index is 12.6. The lowest BCUT2D eigenvalue weighted by Gasteiger charge is -2.11. The van der Waals surface area contributed by atoms with Crippen LogP contribution in [0, 0.1) is 20.8 Å². The first-order valence-corrected chi connectivity index (χ1v) is 9.06. The average Bonchev–Trinajstić information content (AvgIpc) is 2.69. The first kappa shape index (κ1) is 19.4. The number of amides is 1. The Labute approximate surface area is 165 Å². The fraction of sp³-hybridized carbons (Fsp3) is 0.227. The molecule has 1 heterocycles.